The van der Waals surface area contributed by atoms with Crippen LogP contribution in [-0.4, -0.2) is 62.5 Å². The minimum atomic E-state index is -0.262. The van der Waals surface area contributed by atoms with Crippen LogP contribution in [0.25, 0.3) is 11.7 Å². The van der Waals surface area contributed by atoms with Crippen molar-refractivity contribution in [2.75, 3.05) is 38.2 Å². The second-order valence-electron chi connectivity index (χ2n) is 9.89. The second-order valence-corrected chi connectivity index (χ2v) is 11.6. The van der Waals surface area contributed by atoms with Crippen molar-refractivity contribution in [2.45, 2.75) is 78.1 Å². The number of aromatic nitrogens is 2. The summed E-state index contributed by atoms with van der Waals surface area (Å²) < 4.78 is 7.35. The third-order valence-corrected chi connectivity index (χ3v) is 8.04. The minimum absolute atomic E-state index is 0.0544. The van der Waals surface area contributed by atoms with Crippen LogP contribution in [0.2, 0.25) is 0 Å². The number of fused-ring (bicyclic) bond motifs is 1. The maximum atomic E-state index is 13.5. The number of unbranched alkanes of at least 4 members (excludes halogenated alkanes) is 9. The molecular weight excluding hydrogens is 532 g/mol. The molecule has 1 aliphatic heterocycles. The van der Waals surface area contributed by atoms with Crippen molar-refractivity contribution in [1.29, 1.82) is 0 Å². The molecule has 0 spiro atoms. The molecule has 2 aromatic heterocycles. The predicted molar refractivity (Wildman–Crippen MR) is 164 cm³/mol. The van der Waals surface area contributed by atoms with Crippen LogP contribution in [0.1, 0.15) is 82.3 Å². The first kappa shape index (κ1) is 31.3. The highest BCUT2D eigenvalue weighted by molar-refractivity contribution is 8.26. The monoisotopic (exact) mass is 574 g/mol. The van der Waals surface area contributed by atoms with E-state index in [1.54, 1.807) is 23.2 Å². The summed E-state index contributed by atoms with van der Waals surface area (Å²) in [6, 6.07) is 3.69. The van der Waals surface area contributed by atoms with Crippen LogP contribution in [0, 0.1) is 6.92 Å². The number of aryl methyl sites for hydroxylation is 1. The lowest BCUT2D eigenvalue weighted by molar-refractivity contribution is -0.122. The molecule has 39 heavy (non-hydrogen) atoms. The first-order chi connectivity index (χ1) is 19.0. The Morgan fingerprint density at radius 2 is 1.74 bits per heavy atom. The fourth-order valence-electron chi connectivity index (χ4n) is 4.51. The molecule has 0 atom stereocenters. The Kier molecular flexibility index (Phi) is 13.4. The van der Waals surface area contributed by atoms with Crippen molar-refractivity contribution < 1.29 is 14.6 Å². The van der Waals surface area contributed by atoms with Gasteiger partial charge in [0.05, 0.1) is 30.3 Å². The number of thioether (sulfide) groups is 1. The smallest absolute Gasteiger partial charge is 0.267 e. The second kappa shape index (κ2) is 16.7. The number of aliphatic hydroxyl groups excluding tert-OH is 1. The van der Waals surface area contributed by atoms with Crippen LogP contribution in [0.3, 0.4) is 0 Å². The summed E-state index contributed by atoms with van der Waals surface area (Å²) in [5.41, 5.74) is 1.48. The number of hydrogen-bond donors (Lipinski definition) is 2. The summed E-state index contributed by atoms with van der Waals surface area (Å²) in [4.78, 5) is 33.4. The van der Waals surface area contributed by atoms with E-state index in [2.05, 4.69) is 17.2 Å². The summed E-state index contributed by atoms with van der Waals surface area (Å²) in [6.07, 6.45) is 15.6. The van der Waals surface area contributed by atoms with Gasteiger partial charge in [0, 0.05) is 19.3 Å². The van der Waals surface area contributed by atoms with E-state index in [9.17, 15) is 9.59 Å². The zero-order valence-electron chi connectivity index (χ0n) is 23.2. The van der Waals surface area contributed by atoms with Crippen molar-refractivity contribution in [3.05, 3.63) is 44.7 Å². The van der Waals surface area contributed by atoms with E-state index in [4.69, 9.17) is 22.1 Å². The Labute approximate surface area is 241 Å². The number of anilines is 1. The van der Waals surface area contributed by atoms with Crippen LogP contribution in [-0.2, 0) is 9.53 Å². The quantitative estimate of drug-likeness (QED) is 0.136. The third kappa shape index (κ3) is 9.41. The number of carbonyl (C=O) groups excluding carboxylic acids is 1. The Hall–Kier alpha value is -2.27. The number of carbonyl (C=O) groups is 1. The molecule has 0 unspecified atom stereocenters. The van der Waals surface area contributed by atoms with Crippen molar-refractivity contribution in [3.63, 3.8) is 0 Å². The molecular formula is C29H42N4O4S2. The van der Waals surface area contributed by atoms with E-state index in [0.717, 1.165) is 18.4 Å². The number of aliphatic hydroxyl groups is 1. The van der Waals surface area contributed by atoms with Crippen LogP contribution in [0.5, 0.6) is 0 Å². The predicted octanol–water partition coefficient (Wildman–Crippen LogP) is 5.55. The maximum Gasteiger partial charge on any atom is 0.267 e. The molecule has 10 heteroatoms. The van der Waals surface area contributed by atoms with Gasteiger partial charge in [0.2, 0.25) is 0 Å². The summed E-state index contributed by atoms with van der Waals surface area (Å²) in [5, 5.41) is 12.1. The molecule has 0 aliphatic carbocycles. The number of thiocarbonyl (C=S) groups is 1. The summed E-state index contributed by atoms with van der Waals surface area (Å²) in [7, 11) is 0. The highest BCUT2D eigenvalue weighted by atomic mass is 32.2. The number of amides is 1. The molecule has 1 fully saturated rings. The standard InChI is InChI=1S/C29H42N4O4S2/c1-3-4-5-6-7-8-9-10-11-12-16-32-28(36)24(39-29(32)38)20-23-26(30-15-18-37-19-17-34)31-25-14-13-22(2)21-33(25)27(23)35/h13-14,20-21,30,34H,3-12,15-19H2,1-2H3. The highest BCUT2D eigenvalue weighted by Crippen LogP contribution is 2.33. The normalized spacial score (nSPS) is 14.7. The Bertz CT molecular complexity index is 1200. The van der Waals surface area contributed by atoms with Gasteiger partial charge < -0.3 is 15.2 Å². The number of ether oxygens (including phenoxy) is 1. The van der Waals surface area contributed by atoms with Crippen LogP contribution in [0.15, 0.2) is 28.0 Å². The summed E-state index contributed by atoms with van der Waals surface area (Å²) in [5.74, 6) is 0.225. The van der Waals surface area contributed by atoms with Gasteiger partial charge in [0.15, 0.2) is 0 Å². The Morgan fingerprint density at radius 1 is 1.05 bits per heavy atom. The Balaban J connectivity index is 1.65. The van der Waals surface area contributed by atoms with Crippen molar-refractivity contribution in [2.24, 2.45) is 0 Å². The van der Waals surface area contributed by atoms with Crippen molar-refractivity contribution in [3.8, 4) is 0 Å². The number of hydrogen-bond acceptors (Lipinski definition) is 8. The lowest BCUT2D eigenvalue weighted by Gasteiger charge is -2.14. The van der Waals surface area contributed by atoms with E-state index < -0.39 is 0 Å². The van der Waals surface area contributed by atoms with Crippen LogP contribution in [0.4, 0.5) is 5.82 Å². The molecule has 8 nitrogen and oxygen atoms in total. The van der Waals surface area contributed by atoms with Gasteiger partial charge in [-0.1, -0.05) is 94.8 Å². The first-order valence-corrected chi connectivity index (χ1v) is 15.4. The van der Waals surface area contributed by atoms with Crippen molar-refractivity contribution >= 4 is 51.7 Å². The zero-order chi connectivity index (χ0) is 28.0. The number of nitrogens with one attached hydrogen (secondary N) is 1. The van der Waals surface area contributed by atoms with E-state index in [-0.39, 0.29) is 24.7 Å². The summed E-state index contributed by atoms with van der Waals surface area (Å²) >= 11 is 6.76. The molecule has 0 bridgehead atoms. The number of pyridine rings is 1. The number of rotatable bonds is 18. The Morgan fingerprint density at radius 3 is 2.44 bits per heavy atom. The van der Waals surface area contributed by atoms with Gasteiger partial charge in [0.1, 0.15) is 15.8 Å². The SMILES string of the molecule is CCCCCCCCCCCCN1C(=O)C(=Cc2c(NCCOCCO)nc3ccc(C)cn3c2=O)SC1=S. The fraction of sp³-hybridized carbons (Fsp3) is 0.586. The third-order valence-electron chi connectivity index (χ3n) is 6.66. The van der Waals surface area contributed by atoms with Crippen molar-refractivity contribution in [1.82, 2.24) is 14.3 Å². The van der Waals surface area contributed by atoms with Gasteiger partial charge in [-0.3, -0.25) is 18.9 Å². The molecule has 214 valence electrons. The van der Waals surface area contributed by atoms with Crippen LogP contribution < -0.4 is 10.9 Å². The van der Waals surface area contributed by atoms with Gasteiger partial charge in [-0.2, -0.15) is 0 Å². The molecule has 2 aromatic rings. The molecule has 1 amide bonds. The maximum absolute atomic E-state index is 13.5. The molecule has 3 heterocycles. The van der Waals surface area contributed by atoms with E-state index in [0.29, 0.717) is 46.0 Å². The van der Waals surface area contributed by atoms with Crippen LogP contribution >= 0.6 is 24.0 Å². The molecule has 0 radical (unpaired) electrons. The van der Waals surface area contributed by atoms with Gasteiger partial charge in [-0.15, -0.1) is 0 Å². The molecule has 0 saturated carbocycles. The fourth-order valence-corrected chi connectivity index (χ4v) is 5.80. The molecule has 2 N–H and O–H groups in total. The zero-order valence-corrected chi connectivity index (χ0v) is 24.9. The first-order valence-electron chi connectivity index (χ1n) is 14.2. The van der Waals surface area contributed by atoms with E-state index in [1.165, 1.54) is 67.5 Å². The minimum Gasteiger partial charge on any atom is -0.394 e. The van der Waals surface area contributed by atoms with E-state index in [1.807, 2.05) is 13.0 Å². The topological polar surface area (TPSA) is 96.2 Å². The lowest BCUT2D eigenvalue weighted by atomic mass is 10.1. The molecule has 1 saturated heterocycles. The molecule has 3 rings (SSSR count). The van der Waals surface area contributed by atoms with Gasteiger partial charge >= 0.3 is 0 Å². The van der Waals surface area contributed by atoms with E-state index >= 15 is 0 Å². The molecule has 1 aliphatic rings. The number of nitrogens with zero attached hydrogens (tertiary/aromatic N) is 3. The van der Waals surface area contributed by atoms with Gasteiger partial charge in [-0.25, -0.2) is 4.98 Å². The highest BCUT2D eigenvalue weighted by Gasteiger charge is 2.32. The van der Waals surface area contributed by atoms with Gasteiger partial charge in [-0.05, 0) is 31.1 Å². The lowest BCUT2D eigenvalue weighted by Crippen LogP contribution is -2.29. The largest absolute Gasteiger partial charge is 0.394 e. The molecule has 0 aromatic carbocycles. The summed E-state index contributed by atoms with van der Waals surface area (Å²) in [6.45, 7) is 5.67. The average molecular weight is 575 g/mol. The average Bonchev–Trinajstić information content (AvgIpc) is 3.19. The van der Waals surface area contributed by atoms with Gasteiger partial charge in [0.25, 0.3) is 11.5 Å².